The summed E-state index contributed by atoms with van der Waals surface area (Å²) in [6.45, 7) is 0. The Morgan fingerprint density at radius 3 is 2.43 bits per heavy atom. The van der Waals surface area contributed by atoms with Crippen LogP contribution in [0, 0.1) is 28.5 Å². The van der Waals surface area contributed by atoms with Gasteiger partial charge in [0, 0.05) is 23.7 Å². The van der Waals surface area contributed by atoms with Crippen LogP contribution in [0.2, 0.25) is 5.02 Å². The van der Waals surface area contributed by atoms with Gasteiger partial charge in [-0.1, -0.05) is 59.3 Å². The summed E-state index contributed by atoms with van der Waals surface area (Å²) in [5.41, 5.74) is -1.58. The Bertz CT molecular complexity index is 2020. The molecule has 1 aliphatic rings. The molecule has 0 bridgehead atoms. The van der Waals surface area contributed by atoms with Gasteiger partial charge in [0.15, 0.2) is 5.54 Å². The summed E-state index contributed by atoms with van der Waals surface area (Å²) in [5, 5.41) is 34.4. The smallest absolute Gasteiger partial charge is 0.378 e. The van der Waals surface area contributed by atoms with Crippen LogP contribution < -0.4 is 10.6 Å². The van der Waals surface area contributed by atoms with E-state index >= 15 is 0 Å². The van der Waals surface area contributed by atoms with Crippen molar-refractivity contribution in [3.05, 3.63) is 112 Å². The van der Waals surface area contributed by atoms with Crippen molar-refractivity contribution < 1.29 is 17.6 Å². The maximum Gasteiger partial charge on any atom is 0.413 e. The monoisotopic (exact) mass is 654 g/mol. The minimum atomic E-state index is -4.55. The quantitative estimate of drug-likeness (QED) is 0.119. The van der Waals surface area contributed by atoms with Gasteiger partial charge in [0.2, 0.25) is 0 Å². The highest BCUT2D eigenvalue weighted by Crippen LogP contribution is 2.55. The minimum absolute atomic E-state index is 0.0567. The number of nitriles is 2. The largest absolute Gasteiger partial charge is 0.413 e. The van der Waals surface area contributed by atoms with Gasteiger partial charge in [-0.2, -0.15) is 23.7 Å². The fraction of sp³-hybridized carbons (Fsp3) is 0.242. The van der Waals surface area contributed by atoms with Gasteiger partial charge < -0.3 is 10.6 Å². The third kappa shape index (κ3) is 5.95. The summed E-state index contributed by atoms with van der Waals surface area (Å²) >= 11 is 6.73. The molecule has 5 aromatic rings. The number of pyridine rings is 1. The zero-order valence-electron chi connectivity index (χ0n) is 24.6. The molecule has 0 aliphatic heterocycles. The number of aromatic nitrogens is 4. The first kappa shape index (κ1) is 31.8. The van der Waals surface area contributed by atoms with Crippen LogP contribution in [0.25, 0.3) is 10.9 Å². The van der Waals surface area contributed by atoms with Crippen molar-refractivity contribution in [1.29, 1.82) is 10.5 Å². The van der Waals surface area contributed by atoms with Crippen LogP contribution in [-0.4, -0.2) is 34.0 Å². The van der Waals surface area contributed by atoms with Gasteiger partial charge in [-0.05, 0) is 54.7 Å². The summed E-state index contributed by atoms with van der Waals surface area (Å²) in [6.07, 6.45) is -1.63. The van der Waals surface area contributed by atoms with Gasteiger partial charge in [0.25, 0.3) is 0 Å². The van der Waals surface area contributed by atoms with E-state index in [9.17, 15) is 28.1 Å². The second-order valence-electron chi connectivity index (χ2n) is 11.3. The molecule has 8 nitrogen and oxygen atoms in total. The lowest BCUT2D eigenvalue weighted by molar-refractivity contribution is -0.182. The number of nitrogens with one attached hydrogen (secondary N) is 2. The van der Waals surface area contributed by atoms with Crippen LogP contribution in [0.4, 0.5) is 28.9 Å². The topological polar surface area (TPSA) is 115 Å². The average Bonchev–Trinajstić information content (AvgIpc) is 3.73. The predicted molar refractivity (Wildman–Crippen MR) is 169 cm³/mol. The molecule has 1 saturated carbocycles. The van der Waals surface area contributed by atoms with E-state index in [1.54, 1.807) is 6.07 Å². The number of halogens is 5. The normalized spacial score (nSPS) is 15.6. The highest BCUT2D eigenvalue weighted by molar-refractivity contribution is 6.36. The highest BCUT2D eigenvalue weighted by Gasteiger charge is 2.66. The standard InChI is InChI=1S/C33H24BClF4N8/c34-32(22-8-10-23(36)11-9-22,28-19-47(46-45-28)31(12-13-31)33(37,38)39)44-24-15-25-29(21(17-41)18-42-30(25)26(35)16-24)43-27(7-4-14-40)20-5-2-1-3-6-20/h1-3,5-6,8-11,15-16,18-19,27,44H,4,7,12-13H2,(H,42,43)/t27-,32?/m1/s1. The molecule has 2 heterocycles. The molecule has 1 fully saturated rings. The lowest BCUT2D eigenvalue weighted by Crippen LogP contribution is -2.38. The van der Waals surface area contributed by atoms with Gasteiger partial charge in [-0.15, -0.1) is 5.10 Å². The first-order valence-corrected chi connectivity index (χ1v) is 14.9. The fourth-order valence-electron chi connectivity index (χ4n) is 5.60. The Labute approximate surface area is 273 Å². The third-order valence-electron chi connectivity index (χ3n) is 8.34. The van der Waals surface area contributed by atoms with Crippen LogP contribution in [-0.2, 0) is 11.0 Å². The lowest BCUT2D eigenvalue weighted by atomic mass is 9.69. The van der Waals surface area contributed by atoms with E-state index in [2.05, 4.69) is 38.1 Å². The Kier molecular flexibility index (Phi) is 8.28. The molecular formula is C33H24BClF4N8. The number of hydrogen-bond acceptors (Lipinski definition) is 7. The second-order valence-corrected chi connectivity index (χ2v) is 11.7. The molecule has 14 heteroatoms. The summed E-state index contributed by atoms with van der Waals surface area (Å²) < 4.78 is 56.5. The second kappa shape index (κ2) is 12.2. The zero-order valence-corrected chi connectivity index (χ0v) is 25.3. The molecular weight excluding hydrogens is 631 g/mol. The van der Waals surface area contributed by atoms with Crippen molar-refractivity contribution in [2.75, 3.05) is 10.6 Å². The first-order valence-electron chi connectivity index (χ1n) is 14.5. The molecule has 2 aromatic heterocycles. The molecule has 47 heavy (non-hydrogen) atoms. The van der Waals surface area contributed by atoms with E-state index in [0.717, 1.165) is 16.4 Å². The van der Waals surface area contributed by atoms with Crippen LogP contribution >= 0.6 is 11.6 Å². The Hall–Kier alpha value is -5.14. The van der Waals surface area contributed by atoms with Crippen molar-refractivity contribution in [3.8, 4) is 12.1 Å². The van der Waals surface area contributed by atoms with Crippen LogP contribution in [0.3, 0.4) is 0 Å². The number of hydrogen-bond donors (Lipinski definition) is 2. The molecule has 0 saturated heterocycles. The van der Waals surface area contributed by atoms with Gasteiger partial charge in [-0.25, -0.2) is 9.07 Å². The van der Waals surface area contributed by atoms with Crippen LogP contribution in [0.1, 0.15) is 54.1 Å². The number of fused-ring (bicyclic) bond motifs is 1. The summed E-state index contributed by atoms with van der Waals surface area (Å²) in [7, 11) is 6.92. The van der Waals surface area contributed by atoms with E-state index in [-0.39, 0.29) is 47.1 Å². The van der Waals surface area contributed by atoms with E-state index in [4.69, 9.17) is 19.4 Å². The predicted octanol–water partition coefficient (Wildman–Crippen LogP) is 7.48. The summed E-state index contributed by atoms with van der Waals surface area (Å²) in [5.74, 6) is -0.544. The fourth-order valence-corrected chi connectivity index (χ4v) is 5.87. The van der Waals surface area contributed by atoms with Gasteiger partial charge >= 0.3 is 6.18 Å². The maximum atomic E-state index is 14.0. The van der Waals surface area contributed by atoms with E-state index in [1.165, 1.54) is 36.5 Å². The zero-order chi connectivity index (χ0) is 33.4. The molecule has 0 spiro atoms. The molecule has 1 unspecified atom stereocenters. The highest BCUT2D eigenvalue weighted by atomic mass is 35.5. The van der Waals surface area contributed by atoms with E-state index < -0.39 is 23.0 Å². The van der Waals surface area contributed by atoms with E-state index in [1.807, 2.05) is 30.3 Å². The molecule has 6 rings (SSSR count). The number of alkyl halides is 3. The number of nitrogens with zero attached hydrogens (tertiary/aromatic N) is 6. The van der Waals surface area contributed by atoms with Gasteiger partial charge in [0.05, 0.1) is 45.5 Å². The molecule has 234 valence electrons. The minimum Gasteiger partial charge on any atom is -0.378 e. The van der Waals surface area contributed by atoms with Crippen LogP contribution in [0.5, 0.6) is 0 Å². The number of benzene rings is 3. The lowest BCUT2D eigenvalue weighted by Gasteiger charge is -2.32. The van der Waals surface area contributed by atoms with Crippen LogP contribution in [0.15, 0.2) is 79.1 Å². The maximum absolute atomic E-state index is 14.0. The van der Waals surface area contributed by atoms with Crippen molar-refractivity contribution >= 4 is 41.7 Å². The Morgan fingerprint density at radius 2 is 1.79 bits per heavy atom. The molecule has 2 radical (unpaired) electrons. The van der Waals surface area contributed by atoms with E-state index in [0.29, 0.717) is 28.7 Å². The Balaban J connectivity index is 1.46. The molecule has 2 N–H and O–H groups in total. The molecule has 2 atom stereocenters. The van der Waals surface area contributed by atoms with Crippen molar-refractivity contribution in [1.82, 2.24) is 20.0 Å². The Morgan fingerprint density at radius 1 is 1.06 bits per heavy atom. The van der Waals surface area contributed by atoms with Crippen molar-refractivity contribution in [2.24, 2.45) is 0 Å². The molecule has 3 aromatic carbocycles. The van der Waals surface area contributed by atoms with Gasteiger partial charge in [0.1, 0.15) is 25.4 Å². The number of rotatable bonds is 10. The molecule has 0 amide bonds. The van der Waals surface area contributed by atoms with Gasteiger partial charge in [-0.3, -0.25) is 4.98 Å². The third-order valence-corrected chi connectivity index (χ3v) is 8.63. The van der Waals surface area contributed by atoms with Crippen molar-refractivity contribution in [3.63, 3.8) is 0 Å². The summed E-state index contributed by atoms with van der Waals surface area (Å²) in [4.78, 5) is 4.40. The SMILES string of the molecule is [B]C(Nc1cc(Cl)c2ncc(C#N)c(N[C@H](CCC#N)c3ccccc3)c2c1)(c1ccc(F)cc1)c1cn(C2(C(F)(F)F)CC2)nn1. The average molecular weight is 655 g/mol. The first-order chi connectivity index (χ1) is 22.5. The number of anilines is 2. The summed E-state index contributed by atoms with van der Waals surface area (Å²) in [6, 6.07) is 21.7. The van der Waals surface area contributed by atoms with Crippen molar-refractivity contribution in [2.45, 2.75) is 48.9 Å². The molecule has 1 aliphatic carbocycles.